The van der Waals surface area contributed by atoms with Crippen LogP contribution in [0.3, 0.4) is 0 Å². The van der Waals surface area contributed by atoms with Gasteiger partial charge in [0.05, 0.1) is 6.61 Å². The van der Waals surface area contributed by atoms with Crippen molar-refractivity contribution in [3.63, 3.8) is 0 Å². The summed E-state index contributed by atoms with van der Waals surface area (Å²) in [6.45, 7) is 8.13. The lowest BCUT2D eigenvalue weighted by Gasteiger charge is -2.42. The van der Waals surface area contributed by atoms with Crippen molar-refractivity contribution in [2.24, 2.45) is 5.41 Å². The Morgan fingerprint density at radius 3 is 2.53 bits per heavy atom. The normalized spacial score (nSPS) is 27.3. The maximum atomic E-state index is 6.00. The molecule has 1 N–H and O–H groups in total. The smallest absolute Gasteiger partial charge is 0.142 e. The number of rotatable bonds is 1. The number of ether oxygens (including phenoxy) is 1. The average Bonchev–Trinajstić information content (AvgIpc) is 2.23. The van der Waals surface area contributed by atoms with E-state index in [1.165, 1.54) is 0 Å². The van der Waals surface area contributed by atoms with E-state index in [1.54, 1.807) is 0 Å². The Morgan fingerprint density at radius 1 is 1.29 bits per heavy atom. The van der Waals surface area contributed by atoms with Crippen molar-refractivity contribution >= 4 is 24.0 Å². The fourth-order valence-electron chi connectivity index (χ4n) is 1.82. The van der Waals surface area contributed by atoms with E-state index in [2.05, 4.69) is 19.2 Å². The van der Waals surface area contributed by atoms with Gasteiger partial charge in [0.25, 0.3) is 0 Å². The van der Waals surface area contributed by atoms with E-state index >= 15 is 0 Å². The van der Waals surface area contributed by atoms with Gasteiger partial charge in [0.1, 0.15) is 5.72 Å². The van der Waals surface area contributed by atoms with Gasteiger partial charge < -0.3 is 4.74 Å². The molecule has 1 aromatic carbocycles. The Kier molecular flexibility index (Phi) is 4.48. The molecule has 1 aliphatic heterocycles. The van der Waals surface area contributed by atoms with Gasteiger partial charge in [-0.25, -0.2) is 0 Å². The zero-order valence-corrected chi connectivity index (χ0v) is 12.0. The van der Waals surface area contributed by atoms with Crippen molar-refractivity contribution < 1.29 is 4.74 Å². The van der Waals surface area contributed by atoms with Crippen LogP contribution in [0.4, 0.5) is 0 Å². The first-order valence-electron chi connectivity index (χ1n) is 5.56. The highest BCUT2D eigenvalue weighted by atomic mass is 35.5. The van der Waals surface area contributed by atoms with Crippen LogP contribution in [-0.2, 0) is 10.5 Å². The molecule has 0 saturated carbocycles. The lowest BCUT2D eigenvalue weighted by Crippen LogP contribution is -2.53. The standard InChI is InChI=1S/C13H18ClNO.ClH/c1-12(2)8-15-13(3,16-9-12)10-5-4-6-11(14)7-10;/h4-7,15H,8-9H2,1-3H3;1H. The summed E-state index contributed by atoms with van der Waals surface area (Å²) >= 11 is 6.00. The minimum absolute atomic E-state index is 0. The third-order valence-corrected chi connectivity index (χ3v) is 3.27. The third-order valence-electron chi connectivity index (χ3n) is 3.03. The second-order valence-electron chi connectivity index (χ2n) is 5.35. The van der Waals surface area contributed by atoms with E-state index in [0.717, 1.165) is 23.7 Å². The minimum atomic E-state index is -0.416. The second kappa shape index (κ2) is 5.15. The SMILES string of the molecule is CC1(C)CNC(C)(c2cccc(Cl)c2)OC1.Cl. The highest BCUT2D eigenvalue weighted by molar-refractivity contribution is 6.30. The molecule has 0 aliphatic carbocycles. The molecule has 1 unspecified atom stereocenters. The Morgan fingerprint density at radius 2 is 2.00 bits per heavy atom. The topological polar surface area (TPSA) is 21.3 Å². The first kappa shape index (κ1) is 14.8. The number of nitrogens with one attached hydrogen (secondary N) is 1. The first-order chi connectivity index (χ1) is 7.41. The molecule has 0 bridgehead atoms. The summed E-state index contributed by atoms with van der Waals surface area (Å²) in [5.41, 5.74) is 0.855. The van der Waals surface area contributed by atoms with Crippen LogP contribution in [0.15, 0.2) is 24.3 Å². The largest absolute Gasteiger partial charge is 0.356 e. The van der Waals surface area contributed by atoms with Gasteiger partial charge in [0.2, 0.25) is 0 Å². The van der Waals surface area contributed by atoms with Crippen molar-refractivity contribution in [1.82, 2.24) is 5.32 Å². The van der Waals surface area contributed by atoms with Crippen LogP contribution >= 0.6 is 24.0 Å². The van der Waals surface area contributed by atoms with Gasteiger partial charge in [0.15, 0.2) is 0 Å². The molecule has 0 spiro atoms. The number of benzene rings is 1. The molecule has 1 fully saturated rings. The van der Waals surface area contributed by atoms with E-state index in [-0.39, 0.29) is 17.8 Å². The van der Waals surface area contributed by atoms with Gasteiger partial charge in [-0.15, -0.1) is 12.4 Å². The van der Waals surface area contributed by atoms with Gasteiger partial charge in [-0.3, -0.25) is 5.32 Å². The van der Waals surface area contributed by atoms with Crippen LogP contribution in [0.2, 0.25) is 5.02 Å². The highest BCUT2D eigenvalue weighted by Gasteiger charge is 2.36. The molecule has 1 saturated heterocycles. The van der Waals surface area contributed by atoms with Gasteiger partial charge in [0, 0.05) is 17.0 Å². The molecule has 0 amide bonds. The zero-order chi connectivity index (χ0) is 11.8. The summed E-state index contributed by atoms with van der Waals surface area (Å²) in [7, 11) is 0. The van der Waals surface area contributed by atoms with Gasteiger partial charge in [-0.05, 0) is 24.6 Å². The Labute approximate surface area is 114 Å². The fourth-order valence-corrected chi connectivity index (χ4v) is 2.01. The Hall–Kier alpha value is -0.280. The maximum Gasteiger partial charge on any atom is 0.142 e. The Balaban J connectivity index is 0.00000144. The van der Waals surface area contributed by atoms with E-state index in [4.69, 9.17) is 16.3 Å². The van der Waals surface area contributed by atoms with Crippen molar-refractivity contribution in [3.05, 3.63) is 34.9 Å². The van der Waals surface area contributed by atoms with Crippen LogP contribution in [0.25, 0.3) is 0 Å². The molecule has 2 rings (SSSR count). The summed E-state index contributed by atoms with van der Waals surface area (Å²) in [5, 5.41) is 4.19. The third kappa shape index (κ3) is 3.35. The van der Waals surface area contributed by atoms with E-state index in [0.29, 0.717) is 0 Å². The highest BCUT2D eigenvalue weighted by Crippen LogP contribution is 2.32. The Bertz CT molecular complexity index is 383. The zero-order valence-electron chi connectivity index (χ0n) is 10.4. The molecule has 1 aliphatic rings. The van der Waals surface area contributed by atoms with Crippen LogP contribution < -0.4 is 5.32 Å². The van der Waals surface area contributed by atoms with Gasteiger partial charge in [-0.1, -0.05) is 37.6 Å². The van der Waals surface area contributed by atoms with Crippen LogP contribution in [0.1, 0.15) is 26.3 Å². The quantitative estimate of drug-likeness (QED) is 0.846. The van der Waals surface area contributed by atoms with Gasteiger partial charge in [-0.2, -0.15) is 0 Å². The molecule has 17 heavy (non-hydrogen) atoms. The molecule has 1 aromatic rings. The molecule has 2 nitrogen and oxygen atoms in total. The summed E-state index contributed by atoms with van der Waals surface area (Å²) in [6.07, 6.45) is 0. The van der Waals surface area contributed by atoms with E-state index in [9.17, 15) is 0 Å². The number of halogens is 2. The molecule has 96 valence electrons. The average molecular weight is 276 g/mol. The number of hydrogen-bond acceptors (Lipinski definition) is 2. The summed E-state index contributed by atoms with van der Waals surface area (Å²) in [5.74, 6) is 0. The summed E-state index contributed by atoms with van der Waals surface area (Å²) in [4.78, 5) is 0. The van der Waals surface area contributed by atoms with Crippen molar-refractivity contribution in [3.8, 4) is 0 Å². The molecule has 0 aromatic heterocycles. The second-order valence-corrected chi connectivity index (χ2v) is 5.79. The molecular formula is C13H19Cl2NO. The lowest BCUT2D eigenvalue weighted by atomic mass is 9.90. The van der Waals surface area contributed by atoms with Crippen LogP contribution in [0, 0.1) is 5.41 Å². The van der Waals surface area contributed by atoms with Crippen LogP contribution in [0.5, 0.6) is 0 Å². The lowest BCUT2D eigenvalue weighted by molar-refractivity contribution is -0.131. The molecule has 4 heteroatoms. The van der Waals surface area contributed by atoms with Crippen molar-refractivity contribution in [2.75, 3.05) is 13.2 Å². The minimum Gasteiger partial charge on any atom is -0.356 e. The van der Waals surface area contributed by atoms with E-state index in [1.807, 2.05) is 31.2 Å². The predicted molar refractivity (Wildman–Crippen MR) is 73.8 cm³/mol. The fraction of sp³-hybridized carbons (Fsp3) is 0.538. The van der Waals surface area contributed by atoms with E-state index < -0.39 is 5.72 Å². The molecule has 1 atom stereocenters. The monoisotopic (exact) mass is 275 g/mol. The van der Waals surface area contributed by atoms with Crippen molar-refractivity contribution in [2.45, 2.75) is 26.5 Å². The van der Waals surface area contributed by atoms with Crippen molar-refractivity contribution in [1.29, 1.82) is 0 Å². The van der Waals surface area contributed by atoms with Gasteiger partial charge >= 0.3 is 0 Å². The molecule has 1 heterocycles. The molecule has 0 radical (unpaired) electrons. The molecular weight excluding hydrogens is 257 g/mol. The number of hydrogen-bond donors (Lipinski definition) is 1. The predicted octanol–water partition coefficient (Wildman–Crippen LogP) is 3.58. The van der Waals surface area contributed by atoms with Crippen LogP contribution in [-0.4, -0.2) is 13.2 Å². The summed E-state index contributed by atoms with van der Waals surface area (Å²) in [6, 6.07) is 7.82. The summed E-state index contributed by atoms with van der Waals surface area (Å²) < 4.78 is 5.95. The first-order valence-corrected chi connectivity index (χ1v) is 5.94. The maximum absolute atomic E-state index is 6.00.